The Morgan fingerprint density at radius 3 is 1.72 bits per heavy atom. The van der Waals surface area contributed by atoms with Crippen molar-refractivity contribution in [1.82, 2.24) is 0 Å². The molecule has 2 aliphatic carbocycles. The first-order chi connectivity index (χ1) is 11.8. The predicted octanol–water partition coefficient (Wildman–Crippen LogP) is 4.19. The molecule has 25 heavy (non-hydrogen) atoms. The van der Waals surface area contributed by atoms with Gasteiger partial charge in [0.1, 0.15) is 0 Å². The molecule has 0 saturated carbocycles. The molecule has 0 atom stereocenters. The van der Waals surface area contributed by atoms with Crippen LogP contribution in [0.15, 0.2) is 54.4 Å². The van der Waals surface area contributed by atoms with Gasteiger partial charge in [0.2, 0.25) is 0 Å². The molecule has 0 aromatic rings. The van der Waals surface area contributed by atoms with E-state index >= 15 is 0 Å². The van der Waals surface area contributed by atoms with Gasteiger partial charge < -0.3 is 0 Å². The molecule has 0 aliphatic heterocycles. The summed E-state index contributed by atoms with van der Waals surface area (Å²) >= 11 is 1.28. The van der Waals surface area contributed by atoms with E-state index in [0.717, 1.165) is 9.15 Å². The normalized spacial score (nSPS) is 18.7. The number of methoxy groups -OCH3 is 2. The summed E-state index contributed by atoms with van der Waals surface area (Å²) in [5, 5.41) is 0. The fourth-order valence-corrected chi connectivity index (χ4v) is 6.62. The summed E-state index contributed by atoms with van der Waals surface area (Å²) in [7, 11) is 1.54. The summed E-state index contributed by atoms with van der Waals surface area (Å²) in [6.07, 6.45) is 17.6. The first-order valence-electron chi connectivity index (χ1n) is 8.64. The van der Waals surface area contributed by atoms with Crippen LogP contribution in [0.3, 0.4) is 0 Å². The van der Waals surface area contributed by atoms with Crippen LogP contribution < -0.4 is 0 Å². The van der Waals surface area contributed by atoms with Crippen LogP contribution in [0.1, 0.15) is 0 Å². The Bertz CT molecular complexity index is 605. The monoisotopic (exact) mass is 446 g/mol. The zero-order valence-corrected chi connectivity index (χ0v) is 20.5. The zero-order valence-electron chi connectivity index (χ0n) is 16.1. The Kier molecular flexibility index (Phi) is 7.17. The fourth-order valence-electron chi connectivity index (χ4n) is 3.30. The predicted molar refractivity (Wildman–Crippen MR) is 107 cm³/mol. The van der Waals surface area contributed by atoms with E-state index in [1.807, 2.05) is 0 Å². The molecule has 0 amide bonds. The van der Waals surface area contributed by atoms with Gasteiger partial charge in [0.05, 0.1) is 0 Å². The van der Waals surface area contributed by atoms with Crippen molar-refractivity contribution < 1.29 is 33.7 Å². The van der Waals surface area contributed by atoms with Crippen molar-refractivity contribution in [2.45, 2.75) is 26.2 Å². The molecule has 2 rings (SSSR count). The van der Waals surface area contributed by atoms with E-state index in [1.54, 1.807) is 14.2 Å². The molecule has 0 N–H and O–H groups in total. The van der Waals surface area contributed by atoms with Gasteiger partial charge in [0.15, 0.2) is 0 Å². The van der Waals surface area contributed by atoms with Gasteiger partial charge in [-0.05, 0) is 0 Å². The molecule has 0 fully saturated rings. The average Bonchev–Trinajstić information content (AvgIpc) is 3.28. The van der Waals surface area contributed by atoms with Crippen molar-refractivity contribution in [3.05, 3.63) is 60.1 Å². The maximum absolute atomic E-state index is 6.08. The first-order valence-corrected chi connectivity index (χ1v) is 16.4. The standard InChI is InChI=1S/C20H28O2Si2.Zr/c1-21-16-20(17-11-7-8-12-17,18-13-9-10-14-18)19(22-2)15-24(5,6)23(3)4;/h7-14,17-18H,1-6H3;/q-1;. The van der Waals surface area contributed by atoms with Crippen molar-refractivity contribution in [3.63, 3.8) is 0 Å². The number of hydrogen-bond acceptors (Lipinski definition) is 2. The molecular weight excluding hydrogens is 420 g/mol. The summed E-state index contributed by atoms with van der Waals surface area (Å²) in [6.45, 7) is 9.59. The Hall–Kier alpha value is -0.353. The van der Waals surface area contributed by atoms with Gasteiger partial charge in [0, 0.05) is 0 Å². The van der Waals surface area contributed by atoms with E-state index in [2.05, 4.69) is 80.5 Å². The van der Waals surface area contributed by atoms with E-state index < -0.39 is 15.9 Å². The summed E-state index contributed by atoms with van der Waals surface area (Å²) < 4.78 is 13.1. The van der Waals surface area contributed by atoms with Gasteiger partial charge in [-0.3, -0.25) is 0 Å². The maximum atomic E-state index is 6.08. The van der Waals surface area contributed by atoms with Gasteiger partial charge in [-0.1, -0.05) is 0 Å². The second-order valence-electron chi connectivity index (χ2n) is 7.28. The molecule has 0 bridgehead atoms. The first kappa shape index (κ1) is 21.0. The van der Waals surface area contributed by atoms with Gasteiger partial charge in [0.25, 0.3) is 0 Å². The number of hydrogen-bond donors (Lipinski definition) is 0. The Morgan fingerprint density at radius 2 is 1.40 bits per heavy atom. The Morgan fingerprint density at radius 1 is 0.960 bits per heavy atom. The minimum absolute atomic E-state index is 0.218. The second-order valence-corrected chi connectivity index (χ2v) is 20.6. The Labute approximate surface area is 170 Å². The molecule has 5 heteroatoms. The van der Waals surface area contributed by atoms with Crippen LogP contribution in [0, 0.1) is 23.0 Å². The van der Waals surface area contributed by atoms with Crippen LogP contribution >= 0.6 is 0 Å². The SMILES string of the molecule is CO[C](=[Zr])C(C(=[C-][Si](C)(C)[Si](C)C)OC)(C1C=CC=C1)C1C=CC=C1. The molecule has 0 spiro atoms. The van der Waals surface area contributed by atoms with Gasteiger partial charge in [-0.15, -0.1) is 0 Å². The van der Waals surface area contributed by atoms with Crippen molar-refractivity contribution in [3.8, 4) is 0 Å². The molecule has 2 nitrogen and oxygen atoms in total. The van der Waals surface area contributed by atoms with Gasteiger partial charge in [-0.2, -0.15) is 0 Å². The molecule has 0 aromatic heterocycles. The third-order valence-corrected chi connectivity index (χ3v) is 18.1. The van der Waals surface area contributed by atoms with Crippen molar-refractivity contribution in [2.24, 2.45) is 17.3 Å². The van der Waals surface area contributed by atoms with Crippen LogP contribution in [0.25, 0.3) is 0 Å². The second kappa shape index (κ2) is 8.56. The molecule has 0 heterocycles. The van der Waals surface area contributed by atoms with E-state index in [4.69, 9.17) is 9.47 Å². The van der Waals surface area contributed by atoms with E-state index in [9.17, 15) is 0 Å². The summed E-state index contributed by atoms with van der Waals surface area (Å²) in [4.78, 5) is 0. The molecule has 0 aromatic carbocycles. The van der Waals surface area contributed by atoms with Gasteiger partial charge >= 0.3 is 171 Å². The number of allylic oxidation sites excluding steroid dienone is 8. The summed E-state index contributed by atoms with van der Waals surface area (Å²) in [5.74, 6) is 1.40. The van der Waals surface area contributed by atoms with E-state index in [-0.39, 0.29) is 17.3 Å². The van der Waals surface area contributed by atoms with Crippen LogP contribution in [0.4, 0.5) is 0 Å². The van der Waals surface area contributed by atoms with Crippen molar-refractivity contribution in [2.75, 3.05) is 14.2 Å². The van der Waals surface area contributed by atoms with E-state index in [0.29, 0.717) is 0 Å². The third-order valence-electron chi connectivity index (χ3n) is 5.38. The minimum atomic E-state index is -1.60. The molecule has 0 unspecified atom stereocenters. The number of rotatable bonds is 8. The van der Waals surface area contributed by atoms with Crippen molar-refractivity contribution in [1.29, 1.82) is 0 Å². The summed E-state index contributed by atoms with van der Waals surface area (Å²) in [5.41, 5.74) is 3.56. The molecule has 133 valence electrons. The van der Waals surface area contributed by atoms with Crippen molar-refractivity contribution >= 4 is 19.3 Å². The molecule has 0 saturated heterocycles. The molecular formula is C20H28O2Si2Zr-. The molecule has 1 radical (unpaired) electrons. The third kappa shape index (κ3) is 4.00. The average molecular weight is 448 g/mol. The van der Waals surface area contributed by atoms with Crippen LogP contribution in [0.2, 0.25) is 26.2 Å². The Balaban J connectivity index is 2.71. The quantitative estimate of drug-likeness (QED) is 0.315. The van der Waals surface area contributed by atoms with Crippen LogP contribution in [-0.2, 0) is 33.7 Å². The number of ether oxygens (including phenoxy) is 2. The molecule has 2 aliphatic rings. The zero-order chi connectivity index (χ0) is 18.7. The van der Waals surface area contributed by atoms with Crippen LogP contribution in [0.5, 0.6) is 0 Å². The van der Waals surface area contributed by atoms with Gasteiger partial charge in [-0.25, -0.2) is 0 Å². The van der Waals surface area contributed by atoms with E-state index in [1.165, 1.54) is 24.2 Å². The van der Waals surface area contributed by atoms with Crippen LogP contribution in [-0.4, -0.2) is 33.5 Å². The topological polar surface area (TPSA) is 18.5 Å². The summed E-state index contributed by atoms with van der Waals surface area (Å²) in [6, 6.07) is 0. The fraction of sp³-hybridized carbons (Fsp3) is 0.450.